The number of benzene rings is 1. The van der Waals surface area contributed by atoms with Crippen LogP contribution in [0, 0.1) is 0 Å². The molecule has 110 valence electrons. The van der Waals surface area contributed by atoms with Crippen molar-refractivity contribution < 1.29 is 34.7 Å². The number of ether oxygens (including phenoxy) is 2. The van der Waals surface area contributed by atoms with Gasteiger partial charge < -0.3 is 29.9 Å². The quantitative estimate of drug-likeness (QED) is 0.507. The van der Waals surface area contributed by atoms with Gasteiger partial charge in [-0.3, -0.25) is 0 Å². The maximum atomic E-state index is 11.8. The Morgan fingerprint density at radius 2 is 1.75 bits per heavy atom. The van der Waals surface area contributed by atoms with E-state index in [9.17, 15) is 20.1 Å². The molecule has 0 aliphatic carbocycles. The average Bonchev–Trinajstić information content (AvgIpc) is 2.48. The highest BCUT2D eigenvalue weighted by Crippen LogP contribution is 2.22. The molecule has 7 heteroatoms. The van der Waals surface area contributed by atoms with Crippen LogP contribution in [0.4, 0.5) is 0 Å². The van der Waals surface area contributed by atoms with Crippen LogP contribution in [0.15, 0.2) is 30.3 Å². The number of carbonyl (C=O) groups is 1. The SMILES string of the molecule is O=C(O[C@@H]1O[C@H](CO)[C@H](O)[C@@H](O)[C@H]1O)c1ccccc1. The lowest BCUT2D eigenvalue weighted by Crippen LogP contribution is -2.59. The van der Waals surface area contributed by atoms with E-state index in [0.29, 0.717) is 0 Å². The van der Waals surface area contributed by atoms with Crippen LogP contribution in [0.5, 0.6) is 0 Å². The van der Waals surface area contributed by atoms with Gasteiger partial charge in [0, 0.05) is 0 Å². The first kappa shape index (κ1) is 14.9. The third kappa shape index (κ3) is 2.97. The number of carbonyl (C=O) groups excluding carboxylic acids is 1. The maximum absolute atomic E-state index is 11.8. The molecule has 0 radical (unpaired) electrons. The first-order valence-electron chi connectivity index (χ1n) is 6.11. The summed E-state index contributed by atoms with van der Waals surface area (Å²) in [5, 5.41) is 37.9. The van der Waals surface area contributed by atoms with E-state index in [4.69, 9.17) is 14.6 Å². The molecule has 4 N–H and O–H groups in total. The van der Waals surface area contributed by atoms with Crippen molar-refractivity contribution >= 4 is 5.97 Å². The Balaban J connectivity index is 2.06. The van der Waals surface area contributed by atoms with Crippen molar-refractivity contribution in [2.24, 2.45) is 0 Å². The van der Waals surface area contributed by atoms with E-state index in [1.807, 2.05) is 0 Å². The Bertz CT molecular complexity index is 447. The summed E-state index contributed by atoms with van der Waals surface area (Å²) in [4.78, 5) is 11.8. The number of hydrogen-bond donors (Lipinski definition) is 4. The molecule has 1 aromatic carbocycles. The molecule has 0 saturated carbocycles. The van der Waals surface area contributed by atoms with Gasteiger partial charge >= 0.3 is 5.97 Å². The van der Waals surface area contributed by atoms with Gasteiger partial charge in [0.2, 0.25) is 6.29 Å². The molecule has 2 rings (SSSR count). The zero-order chi connectivity index (χ0) is 14.7. The van der Waals surface area contributed by atoms with Crippen LogP contribution < -0.4 is 0 Å². The summed E-state index contributed by atoms with van der Waals surface area (Å²) in [5.74, 6) is -0.741. The molecule has 1 fully saturated rings. The highest BCUT2D eigenvalue weighted by atomic mass is 16.7. The zero-order valence-electron chi connectivity index (χ0n) is 10.5. The molecule has 0 spiro atoms. The van der Waals surface area contributed by atoms with Crippen molar-refractivity contribution in [3.05, 3.63) is 35.9 Å². The van der Waals surface area contributed by atoms with Crippen molar-refractivity contribution in [1.82, 2.24) is 0 Å². The summed E-state index contributed by atoms with van der Waals surface area (Å²) in [5.41, 5.74) is 0.254. The standard InChI is InChI=1S/C13H16O7/c14-6-8-9(15)10(16)11(17)13(19-8)20-12(18)7-4-2-1-3-5-7/h1-5,8-11,13-17H,6H2/t8-,9+,10-,11-,13+/m1/s1. The monoisotopic (exact) mass is 284 g/mol. The molecule has 1 aliphatic heterocycles. The summed E-state index contributed by atoms with van der Waals surface area (Å²) in [6, 6.07) is 8.05. The van der Waals surface area contributed by atoms with Gasteiger partial charge in [-0.1, -0.05) is 18.2 Å². The Kier molecular flexibility index (Phi) is 4.69. The van der Waals surface area contributed by atoms with E-state index >= 15 is 0 Å². The molecule has 0 amide bonds. The Labute approximate surface area is 115 Å². The molecule has 20 heavy (non-hydrogen) atoms. The third-order valence-electron chi connectivity index (χ3n) is 3.08. The van der Waals surface area contributed by atoms with Crippen LogP contribution in [0.3, 0.4) is 0 Å². The largest absolute Gasteiger partial charge is 0.429 e. The topological polar surface area (TPSA) is 116 Å². The van der Waals surface area contributed by atoms with E-state index in [0.717, 1.165) is 0 Å². The van der Waals surface area contributed by atoms with Crippen LogP contribution in [0.2, 0.25) is 0 Å². The second-order valence-corrected chi connectivity index (χ2v) is 4.47. The van der Waals surface area contributed by atoms with E-state index in [1.165, 1.54) is 12.1 Å². The maximum Gasteiger partial charge on any atom is 0.340 e. The molecular formula is C13H16O7. The Morgan fingerprint density at radius 1 is 1.10 bits per heavy atom. The number of hydrogen-bond acceptors (Lipinski definition) is 7. The second kappa shape index (κ2) is 6.29. The van der Waals surface area contributed by atoms with E-state index < -0.39 is 43.3 Å². The first-order valence-corrected chi connectivity index (χ1v) is 6.11. The Hall–Kier alpha value is -1.51. The van der Waals surface area contributed by atoms with E-state index in [2.05, 4.69) is 0 Å². The first-order chi connectivity index (χ1) is 9.54. The molecule has 5 atom stereocenters. The average molecular weight is 284 g/mol. The van der Waals surface area contributed by atoms with E-state index in [-0.39, 0.29) is 5.56 Å². The number of aliphatic hydroxyl groups excluding tert-OH is 4. The molecule has 0 bridgehead atoms. The molecule has 1 saturated heterocycles. The van der Waals surface area contributed by atoms with Gasteiger partial charge in [-0.05, 0) is 12.1 Å². The predicted molar refractivity (Wildman–Crippen MR) is 65.6 cm³/mol. The minimum atomic E-state index is -1.60. The van der Waals surface area contributed by atoms with Crippen molar-refractivity contribution in [3.63, 3.8) is 0 Å². The van der Waals surface area contributed by atoms with Crippen molar-refractivity contribution in [2.45, 2.75) is 30.7 Å². The number of rotatable bonds is 3. The van der Waals surface area contributed by atoms with Gasteiger partial charge in [-0.15, -0.1) is 0 Å². The fourth-order valence-corrected chi connectivity index (χ4v) is 1.91. The van der Waals surface area contributed by atoms with Gasteiger partial charge in [0.1, 0.15) is 24.4 Å². The van der Waals surface area contributed by atoms with Crippen molar-refractivity contribution in [1.29, 1.82) is 0 Å². The summed E-state index contributed by atoms with van der Waals surface area (Å²) in [6.45, 7) is -0.579. The lowest BCUT2D eigenvalue weighted by atomic mass is 9.99. The highest BCUT2D eigenvalue weighted by Gasteiger charge is 2.45. The molecule has 1 heterocycles. The molecule has 1 aromatic rings. The molecule has 1 aliphatic rings. The van der Waals surface area contributed by atoms with Crippen LogP contribution in [-0.4, -0.2) is 63.7 Å². The van der Waals surface area contributed by atoms with Crippen LogP contribution in [0.1, 0.15) is 10.4 Å². The minimum Gasteiger partial charge on any atom is -0.429 e. The van der Waals surface area contributed by atoms with Crippen LogP contribution >= 0.6 is 0 Å². The van der Waals surface area contributed by atoms with Gasteiger partial charge in [-0.2, -0.15) is 0 Å². The number of esters is 1. The predicted octanol–water partition coefficient (Wildman–Crippen LogP) is -1.36. The second-order valence-electron chi connectivity index (χ2n) is 4.47. The van der Waals surface area contributed by atoms with E-state index in [1.54, 1.807) is 18.2 Å². The zero-order valence-corrected chi connectivity index (χ0v) is 10.5. The summed E-state index contributed by atoms with van der Waals surface area (Å²) in [7, 11) is 0. The lowest BCUT2D eigenvalue weighted by molar-refractivity contribution is -0.285. The third-order valence-corrected chi connectivity index (χ3v) is 3.08. The molecule has 0 aromatic heterocycles. The fourth-order valence-electron chi connectivity index (χ4n) is 1.91. The van der Waals surface area contributed by atoms with Gasteiger partial charge in [0.05, 0.1) is 12.2 Å². The van der Waals surface area contributed by atoms with Crippen molar-refractivity contribution in [2.75, 3.05) is 6.61 Å². The normalized spacial score (nSPS) is 33.7. The van der Waals surface area contributed by atoms with Crippen molar-refractivity contribution in [3.8, 4) is 0 Å². The lowest BCUT2D eigenvalue weighted by Gasteiger charge is -2.39. The summed E-state index contributed by atoms with van der Waals surface area (Å²) in [6.07, 6.45) is -7.23. The highest BCUT2D eigenvalue weighted by molar-refractivity contribution is 5.89. The van der Waals surface area contributed by atoms with Crippen LogP contribution in [-0.2, 0) is 9.47 Å². The van der Waals surface area contributed by atoms with Gasteiger partial charge in [0.15, 0.2) is 0 Å². The molecule has 7 nitrogen and oxygen atoms in total. The molecule has 0 unspecified atom stereocenters. The molecular weight excluding hydrogens is 268 g/mol. The van der Waals surface area contributed by atoms with Gasteiger partial charge in [0.25, 0.3) is 0 Å². The van der Waals surface area contributed by atoms with Gasteiger partial charge in [-0.25, -0.2) is 4.79 Å². The van der Waals surface area contributed by atoms with Crippen LogP contribution in [0.25, 0.3) is 0 Å². The summed E-state index contributed by atoms with van der Waals surface area (Å²) < 4.78 is 10.0. The number of aliphatic hydroxyl groups is 4. The minimum absolute atomic E-state index is 0.254. The summed E-state index contributed by atoms with van der Waals surface area (Å²) >= 11 is 0. The fraction of sp³-hybridized carbons (Fsp3) is 0.462. The smallest absolute Gasteiger partial charge is 0.340 e. The Morgan fingerprint density at radius 3 is 2.35 bits per heavy atom.